The van der Waals surface area contributed by atoms with E-state index in [9.17, 15) is 0 Å². The first-order valence-electron chi connectivity index (χ1n) is 29.7. The summed E-state index contributed by atoms with van der Waals surface area (Å²) in [4.78, 5) is 0. The molecule has 0 spiro atoms. The quantitative estimate of drug-likeness (QED) is 0.161. The summed E-state index contributed by atoms with van der Waals surface area (Å²) in [5.41, 5.74) is 30.1. The van der Waals surface area contributed by atoms with Crippen LogP contribution in [-0.2, 0) is 21.7 Å². The minimum Gasteiger partial charge on any atom is -0.456 e. The van der Waals surface area contributed by atoms with Crippen LogP contribution in [0.2, 0.25) is 0 Å². The van der Waals surface area contributed by atoms with Crippen LogP contribution in [0.1, 0.15) is 124 Å². The van der Waals surface area contributed by atoms with Gasteiger partial charge in [-0.3, -0.25) is 0 Å². The summed E-state index contributed by atoms with van der Waals surface area (Å²) in [7, 11) is 0. The average molecular weight is 1070 g/mol. The molecule has 11 aromatic carbocycles. The van der Waals surface area contributed by atoms with Crippen LogP contribution in [-0.4, -0.2) is 4.57 Å². The molecule has 0 fully saturated rings. The maximum atomic E-state index is 7.09. The second kappa shape index (κ2) is 16.5. The molecule has 0 bridgehead atoms. The zero-order chi connectivity index (χ0) is 56.2. The Morgan fingerprint density at radius 2 is 0.904 bits per heavy atom. The van der Waals surface area contributed by atoms with Gasteiger partial charge < -0.3 is 13.4 Å². The molecule has 1 unspecified atom stereocenters. The predicted octanol–water partition coefficient (Wildman–Crippen LogP) is 21.6. The summed E-state index contributed by atoms with van der Waals surface area (Å²) in [6.07, 6.45) is 0. The van der Waals surface area contributed by atoms with E-state index in [2.05, 4.69) is 279 Å². The molecule has 3 nitrogen and oxygen atoms in total. The topological polar surface area (TPSA) is 31.2 Å². The molecule has 1 atom stereocenters. The highest BCUT2D eigenvalue weighted by Gasteiger charge is 2.44. The first-order chi connectivity index (χ1) is 40.1. The van der Waals surface area contributed by atoms with Crippen LogP contribution in [0.25, 0.3) is 116 Å². The van der Waals surface area contributed by atoms with E-state index in [1.165, 1.54) is 127 Å². The molecular weight excluding hydrogens is 1010 g/mol. The van der Waals surface area contributed by atoms with Gasteiger partial charge in [-0.1, -0.05) is 214 Å². The summed E-state index contributed by atoms with van der Waals surface area (Å²) in [6, 6.07) is 80.2. The van der Waals surface area contributed by atoms with E-state index < -0.39 is 0 Å². The number of fused-ring (bicyclic) bond motifs is 20. The molecule has 3 heterocycles. The Labute approximate surface area is 484 Å². The van der Waals surface area contributed by atoms with Gasteiger partial charge in [-0.2, -0.15) is 0 Å². The Morgan fingerprint density at radius 1 is 0.361 bits per heavy atom. The van der Waals surface area contributed by atoms with Crippen molar-refractivity contribution in [3.63, 3.8) is 0 Å². The fourth-order valence-electron chi connectivity index (χ4n) is 15.7. The lowest BCUT2D eigenvalue weighted by Crippen LogP contribution is -2.17. The van der Waals surface area contributed by atoms with Gasteiger partial charge >= 0.3 is 0 Å². The second-order valence-electron chi connectivity index (χ2n) is 26.8. The van der Waals surface area contributed by atoms with E-state index in [0.717, 1.165) is 44.5 Å². The smallest absolute Gasteiger partial charge is 0.143 e. The summed E-state index contributed by atoms with van der Waals surface area (Å²) < 4.78 is 16.0. The van der Waals surface area contributed by atoms with Crippen molar-refractivity contribution in [2.24, 2.45) is 0 Å². The SMILES string of the molecule is CC(C)(C)c1ccc(C(c2ccc3c(c2)C(C)(C)c2cc4c(cc2-3)C(C)(C)c2ccc3oc5ccccc5c3c2-4)c2ccc3c(c2)C(C)(C)c2cc(-c4ccc5c6ccccc6n(-c6ccccc6)c5c4)c4oc5ccccc5c4c2-3)cc1. The molecule has 400 valence electrons. The summed E-state index contributed by atoms with van der Waals surface area (Å²) >= 11 is 0. The largest absolute Gasteiger partial charge is 0.456 e. The van der Waals surface area contributed by atoms with Gasteiger partial charge in [-0.15, -0.1) is 0 Å². The summed E-state index contributed by atoms with van der Waals surface area (Å²) in [6.45, 7) is 21.5. The van der Waals surface area contributed by atoms with Crippen molar-refractivity contribution in [3.8, 4) is 50.2 Å². The molecule has 3 aliphatic rings. The Balaban J connectivity index is 0.826. The Morgan fingerprint density at radius 3 is 1.64 bits per heavy atom. The number of hydrogen-bond donors (Lipinski definition) is 0. The van der Waals surface area contributed by atoms with Crippen molar-refractivity contribution in [1.82, 2.24) is 4.57 Å². The summed E-state index contributed by atoms with van der Waals surface area (Å²) in [5.74, 6) is -0.0226. The van der Waals surface area contributed by atoms with E-state index in [4.69, 9.17) is 8.83 Å². The van der Waals surface area contributed by atoms with E-state index in [1.54, 1.807) is 0 Å². The monoisotopic (exact) mass is 1070 g/mol. The Bertz CT molecular complexity index is 5140. The van der Waals surface area contributed by atoms with Crippen molar-refractivity contribution in [1.29, 1.82) is 0 Å². The number of nitrogens with zero attached hydrogens (tertiary/aromatic N) is 1. The molecule has 17 rings (SSSR count). The highest BCUT2D eigenvalue weighted by Crippen LogP contribution is 2.60. The zero-order valence-electron chi connectivity index (χ0n) is 48.5. The fraction of sp³-hybridized carbons (Fsp3) is 0.175. The number of para-hydroxylation sites is 4. The molecule has 83 heavy (non-hydrogen) atoms. The minimum atomic E-state index is -0.339. The highest BCUT2D eigenvalue weighted by atomic mass is 16.3. The minimum absolute atomic E-state index is 0.0226. The standard InChI is InChI=1S/C80H63NO2/c1-77(2,3)49-32-27-45(28-33-49)71(47-30-34-51-58-43-64-59(44-63(58)79(6,7)61(51)39-47)73-60(78(64,4)5)37-38-70-74(73)55-22-14-17-25-68(55)82-70)48-31-36-54-62(40-48)80(8,9)65-42-57(76-75(72(54)65)56-23-15-18-26-69(56)83-76)46-29-35-53-52-21-13-16-24-66(52)81(67(53)41-46)50-19-11-10-12-20-50/h10-44,71H,1-9H3. The lowest BCUT2D eigenvalue weighted by atomic mass is 9.76. The third kappa shape index (κ3) is 6.57. The zero-order valence-corrected chi connectivity index (χ0v) is 48.5. The first kappa shape index (κ1) is 48.5. The van der Waals surface area contributed by atoms with E-state index in [-0.39, 0.29) is 27.6 Å². The molecular formula is C80H63NO2. The Hall–Kier alpha value is -9.18. The highest BCUT2D eigenvalue weighted by molar-refractivity contribution is 6.20. The third-order valence-corrected chi connectivity index (χ3v) is 20.1. The predicted molar refractivity (Wildman–Crippen MR) is 346 cm³/mol. The van der Waals surface area contributed by atoms with Gasteiger partial charge in [0.1, 0.15) is 22.3 Å². The third-order valence-electron chi connectivity index (χ3n) is 20.1. The second-order valence-corrected chi connectivity index (χ2v) is 26.8. The van der Waals surface area contributed by atoms with Crippen LogP contribution in [0.4, 0.5) is 0 Å². The maximum absolute atomic E-state index is 7.09. The van der Waals surface area contributed by atoms with Crippen LogP contribution >= 0.6 is 0 Å². The van der Waals surface area contributed by atoms with Crippen LogP contribution in [0, 0.1) is 0 Å². The molecule has 0 N–H and O–H groups in total. The average Bonchev–Trinajstić information content (AvgIpc) is 1.94. The molecule has 3 aromatic heterocycles. The lowest BCUT2D eigenvalue weighted by Gasteiger charge is -2.27. The lowest BCUT2D eigenvalue weighted by molar-refractivity contribution is 0.590. The number of aromatic nitrogens is 1. The molecule has 0 aliphatic heterocycles. The van der Waals surface area contributed by atoms with Crippen molar-refractivity contribution >= 4 is 65.7 Å². The fourth-order valence-corrected chi connectivity index (χ4v) is 15.7. The number of furan rings is 2. The van der Waals surface area contributed by atoms with E-state index >= 15 is 0 Å². The molecule has 14 aromatic rings. The molecule has 0 saturated heterocycles. The van der Waals surface area contributed by atoms with Crippen molar-refractivity contribution < 1.29 is 8.83 Å². The van der Waals surface area contributed by atoms with Crippen LogP contribution in [0.3, 0.4) is 0 Å². The Kier molecular flexibility index (Phi) is 9.65. The molecule has 0 radical (unpaired) electrons. The molecule has 0 amide bonds. The number of hydrogen-bond acceptors (Lipinski definition) is 2. The van der Waals surface area contributed by atoms with Gasteiger partial charge in [0.05, 0.1) is 11.0 Å². The van der Waals surface area contributed by atoms with Gasteiger partial charge in [0.15, 0.2) is 0 Å². The number of rotatable bonds is 5. The maximum Gasteiger partial charge on any atom is 0.143 e. The normalized spacial score (nSPS) is 15.5. The van der Waals surface area contributed by atoms with Crippen LogP contribution in [0.5, 0.6) is 0 Å². The van der Waals surface area contributed by atoms with Crippen LogP contribution in [0.15, 0.2) is 221 Å². The summed E-state index contributed by atoms with van der Waals surface area (Å²) in [5, 5.41) is 7.22. The van der Waals surface area contributed by atoms with Crippen LogP contribution < -0.4 is 0 Å². The van der Waals surface area contributed by atoms with Gasteiger partial charge in [0.2, 0.25) is 0 Å². The van der Waals surface area contributed by atoms with Gasteiger partial charge in [-0.05, 0) is 161 Å². The number of benzene rings is 11. The molecule has 0 saturated carbocycles. The van der Waals surface area contributed by atoms with Crippen molar-refractivity contribution in [2.45, 2.75) is 89.9 Å². The van der Waals surface area contributed by atoms with E-state index in [0.29, 0.717) is 0 Å². The van der Waals surface area contributed by atoms with Crippen molar-refractivity contribution in [2.75, 3.05) is 0 Å². The van der Waals surface area contributed by atoms with Gasteiger partial charge in [-0.25, -0.2) is 0 Å². The van der Waals surface area contributed by atoms with Gasteiger partial charge in [0.25, 0.3) is 0 Å². The molecule has 3 aliphatic carbocycles. The van der Waals surface area contributed by atoms with Gasteiger partial charge in [0, 0.05) is 65.7 Å². The van der Waals surface area contributed by atoms with Crippen molar-refractivity contribution in [3.05, 3.63) is 268 Å². The molecule has 3 heteroatoms. The van der Waals surface area contributed by atoms with E-state index in [1.807, 2.05) is 0 Å². The first-order valence-corrected chi connectivity index (χ1v) is 29.7.